The van der Waals surface area contributed by atoms with Gasteiger partial charge in [-0.2, -0.15) is 13.2 Å². The first-order chi connectivity index (χ1) is 12.8. The number of likely N-dealkylation sites (N-methyl/N-ethyl adjacent to an activating group) is 1. The average molecular weight is 478 g/mol. The van der Waals surface area contributed by atoms with Gasteiger partial charge < -0.3 is 10.2 Å². The number of hydrogen-bond acceptors (Lipinski definition) is 2. The second-order valence-corrected chi connectivity index (χ2v) is 7.64. The number of halogens is 5. The lowest BCUT2D eigenvalue weighted by molar-refractivity contribution is -0.137. The van der Waals surface area contributed by atoms with Crippen LogP contribution in [0.3, 0.4) is 0 Å². The van der Waals surface area contributed by atoms with E-state index < -0.39 is 17.6 Å². The summed E-state index contributed by atoms with van der Waals surface area (Å²) < 4.78 is 39.5. The zero-order valence-electron chi connectivity index (χ0n) is 15.2. The summed E-state index contributed by atoms with van der Waals surface area (Å²) in [5.74, 6) is -0.322. The molecular formula is C20H21BrClF3N2O. The Balaban J connectivity index is 0.00000280. The monoisotopic (exact) mass is 476 g/mol. The van der Waals surface area contributed by atoms with E-state index in [0.717, 1.165) is 37.2 Å². The van der Waals surface area contributed by atoms with Gasteiger partial charge in [0, 0.05) is 35.6 Å². The van der Waals surface area contributed by atoms with Gasteiger partial charge in [-0.15, -0.1) is 12.4 Å². The highest BCUT2D eigenvalue weighted by atomic mass is 79.9. The van der Waals surface area contributed by atoms with Crippen molar-refractivity contribution in [2.75, 3.05) is 20.1 Å². The van der Waals surface area contributed by atoms with E-state index >= 15 is 0 Å². The fourth-order valence-corrected chi connectivity index (χ4v) is 4.07. The molecule has 1 heterocycles. The summed E-state index contributed by atoms with van der Waals surface area (Å²) in [4.78, 5) is 14.6. The van der Waals surface area contributed by atoms with Gasteiger partial charge in [-0.05, 0) is 36.7 Å². The lowest BCUT2D eigenvalue weighted by Crippen LogP contribution is -2.49. The van der Waals surface area contributed by atoms with Crippen LogP contribution in [0.2, 0.25) is 0 Å². The van der Waals surface area contributed by atoms with Crippen molar-refractivity contribution in [3.05, 3.63) is 69.7 Å². The van der Waals surface area contributed by atoms with Crippen LogP contribution in [-0.2, 0) is 6.18 Å². The molecule has 1 N–H and O–H groups in total. The molecule has 1 aliphatic rings. The van der Waals surface area contributed by atoms with E-state index in [1.54, 1.807) is 11.9 Å². The van der Waals surface area contributed by atoms with Crippen molar-refractivity contribution < 1.29 is 18.0 Å². The first-order valence-corrected chi connectivity index (χ1v) is 9.47. The van der Waals surface area contributed by atoms with Crippen molar-refractivity contribution in [3.63, 3.8) is 0 Å². The predicted molar refractivity (Wildman–Crippen MR) is 109 cm³/mol. The van der Waals surface area contributed by atoms with E-state index in [-0.39, 0.29) is 34.4 Å². The molecule has 2 aromatic rings. The van der Waals surface area contributed by atoms with E-state index in [9.17, 15) is 18.0 Å². The van der Waals surface area contributed by atoms with Crippen molar-refractivity contribution in [1.82, 2.24) is 10.2 Å². The fraction of sp³-hybridized carbons (Fsp3) is 0.350. The quantitative estimate of drug-likeness (QED) is 0.666. The van der Waals surface area contributed by atoms with E-state index in [4.69, 9.17) is 0 Å². The van der Waals surface area contributed by atoms with Gasteiger partial charge in [-0.1, -0.05) is 46.3 Å². The topological polar surface area (TPSA) is 32.3 Å². The molecule has 0 bridgehead atoms. The zero-order valence-corrected chi connectivity index (χ0v) is 17.6. The molecule has 1 aliphatic heterocycles. The number of hydrogen-bond donors (Lipinski definition) is 1. The molecule has 1 saturated heterocycles. The van der Waals surface area contributed by atoms with Crippen LogP contribution in [0.25, 0.3) is 0 Å². The fourth-order valence-electron chi connectivity index (χ4n) is 3.58. The molecule has 8 heteroatoms. The van der Waals surface area contributed by atoms with Gasteiger partial charge in [0.25, 0.3) is 5.91 Å². The smallest absolute Gasteiger partial charge is 0.338 e. The van der Waals surface area contributed by atoms with Gasteiger partial charge in [0.2, 0.25) is 0 Å². The summed E-state index contributed by atoms with van der Waals surface area (Å²) in [6.07, 6.45) is -3.76. The Morgan fingerprint density at radius 1 is 1.18 bits per heavy atom. The highest BCUT2D eigenvalue weighted by Crippen LogP contribution is 2.33. The normalized spacial score (nSPS) is 19.6. The van der Waals surface area contributed by atoms with E-state index in [1.165, 1.54) is 6.07 Å². The van der Waals surface area contributed by atoms with Crippen molar-refractivity contribution >= 4 is 34.2 Å². The maximum Gasteiger partial charge on any atom is 0.416 e. The number of piperidine rings is 1. The number of carbonyl (C=O) groups is 1. The number of alkyl halides is 3. The van der Waals surface area contributed by atoms with Crippen molar-refractivity contribution in [2.45, 2.75) is 24.6 Å². The first kappa shape index (κ1) is 22.7. The summed E-state index contributed by atoms with van der Waals surface area (Å²) in [6.45, 7) is 1.48. The molecule has 2 atom stereocenters. The van der Waals surface area contributed by atoms with Crippen LogP contribution in [-0.4, -0.2) is 37.0 Å². The molecule has 1 amide bonds. The van der Waals surface area contributed by atoms with Crippen LogP contribution >= 0.6 is 28.3 Å². The Kier molecular flexibility index (Phi) is 7.53. The van der Waals surface area contributed by atoms with Gasteiger partial charge in [-0.3, -0.25) is 4.79 Å². The third-order valence-electron chi connectivity index (χ3n) is 4.96. The predicted octanol–water partition coefficient (Wildman–Crippen LogP) is 5.11. The number of carbonyl (C=O) groups excluding carboxylic acids is 1. The summed E-state index contributed by atoms with van der Waals surface area (Å²) in [5.41, 5.74) is 0.308. The minimum absolute atomic E-state index is 0. The molecule has 1 fully saturated rings. The number of amides is 1. The Bertz CT molecular complexity index is 817. The average Bonchev–Trinajstić information content (AvgIpc) is 2.66. The molecule has 0 spiro atoms. The molecule has 0 aromatic heterocycles. The Hall–Kier alpha value is -1.57. The molecule has 0 saturated carbocycles. The minimum atomic E-state index is -4.50. The van der Waals surface area contributed by atoms with Gasteiger partial charge in [-0.25, -0.2) is 0 Å². The second kappa shape index (κ2) is 9.29. The lowest BCUT2D eigenvalue weighted by Gasteiger charge is -2.38. The number of rotatable bonds is 3. The van der Waals surface area contributed by atoms with Gasteiger partial charge in [0.05, 0.1) is 5.56 Å². The van der Waals surface area contributed by atoms with Crippen LogP contribution in [0.1, 0.15) is 33.8 Å². The molecule has 0 unspecified atom stereocenters. The molecule has 28 heavy (non-hydrogen) atoms. The summed E-state index contributed by atoms with van der Waals surface area (Å²) in [7, 11) is 1.67. The highest BCUT2D eigenvalue weighted by Gasteiger charge is 2.34. The Morgan fingerprint density at radius 3 is 2.50 bits per heavy atom. The molecule has 0 aliphatic carbocycles. The molecule has 0 radical (unpaired) electrons. The van der Waals surface area contributed by atoms with Crippen molar-refractivity contribution in [3.8, 4) is 0 Å². The Labute approximate surface area is 176 Å². The third-order valence-corrected chi connectivity index (χ3v) is 5.42. The van der Waals surface area contributed by atoms with Crippen LogP contribution in [0.5, 0.6) is 0 Å². The summed E-state index contributed by atoms with van der Waals surface area (Å²) in [6, 6.07) is 13.1. The summed E-state index contributed by atoms with van der Waals surface area (Å²) >= 11 is 3.09. The second-order valence-electron chi connectivity index (χ2n) is 6.72. The number of nitrogens with zero attached hydrogens (tertiary/aromatic N) is 1. The number of nitrogens with one attached hydrogen (secondary N) is 1. The Morgan fingerprint density at radius 2 is 1.86 bits per heavy atom. The molecule has 3 nitrogen and oxygen atoms in total. The zero-order chi connectivity index (χ0) is 19.6. The van der Waals surface area contributed by atoms with Crippen LogP contribution in [0, 0.1) is 0 Å². The minimum Gasteiger partial charge on any atom is -0.338 e. The van der Waals surface area contributed by atoms with E-state index in [2.05, 4.69) is 21.2 Å². The van der Waals surface area contributed by atoms with E-state index in [0.29, 0.717) is 0 Å². The van der Waals surface area contributed by atoms with Crippen LogP contribution in [0.4, 0.5) is 13.2 Å². The van der Waals surface area contributed by atoms with Crippen molar-refractivity contribution in [1.29, 1.82) is 0 Å². The SMILES string of the molecule is CN(C(=O)c1cc(Br)cc(C(F)(F)F)c1)[C@@H]1CCNC[C@H]1c1ccccc1.Cl. The number of benzene rings is 2. The van der Waals surface area contributed by atoms with E-state index in [1.807, 2.05) is 30.3 Å². The summed E-state index contributed by atoms with van der Waals surface area (Å²) in [5, 5.41) is 3.34. The molecule has 3 rings (SSSR count). The van der Waals surface area contributed by atoms with Crippen LogP contribution < -0.4 is 5.32 Å². The largest absolute Gasteiger partial charge is 0.416 e. The standard InChI is InChI=1S/C20H20BrF3N2O.ClH/c1-26(18-7-8-25-12-17(18)13-5-3-2-4-6-13)19(27)14-9-15(20(22,23)24)11-16(21)10-14;/h2-6,9-11,17-18,25H,7-8,12H2,1H3;1H/t17-,18+;/m0./s1. The molecular weight excluding hydrogens is 457 g/mol. The maximum absolute atomic E-state index is 13.1. The molecule has 152 valence electrons. The van der Waals surface area contributed by atoms with Gasteiger partial charge >= 0.3 is 6.18 Å². The van der Waals surface area contributed by atoms with Crippen LogP contribution in [0.15, 0.2) is 53.0 Å². The highest BCUT2D eigenvalue weighted by molar-refractivity contribution is 9.10. The van der Waals surface area contributed by atoms with Crippen molar-refractivity contribution in [2.24, 2.45) is 0 Å². The lowest BCUT2D eigenvalue weighted by atomic mass is 9.86. The third kappa shape index (κ3) is 5.07. The maximum atomic E-state index is 13.1. The first-order valence-electron chi connectivity index (χ1n) is 8.68. The molecule has 2 aromatic carbocycles. The van der Waals surface area contributed by atoms with Gasteiger partial charge in [0.15, 0.2) is 0 Å². The van der Waals surface area contributed by atoms with Gasteiger partial charge in [0.1, 0.15) is 0 Å².